The van der Waals surface area contributed by atoms with Gasteiger partial charge in [-0.1, -0.05) is 13.8 Å². The summed E-state index contributed by atoms with van der Waals surface area (Å²) < 4.78 is 0. The number of carbonyl (C=O) groups excluding carboxylic acids is 2. The number of nitrogens with zero attached hydrogens (tertiary/aromatic N) is 2. The van der Waals surface area contributed by atoms with Gasteiger partial charge in [-0.15, -0.1) is 11.3 Å². The van der Waals surface area contributed by atoms with Gasteiger partial charge in [0, 0.05) is 24.9 Å². The van der Waals surface area contributed by atoms with Crippen molar-refractivity contribution >= 4 is 23.2 Å². The zero-order valence-corrected chi connectivity index (χ0v) is 14.2. The lowest BCUT2D eigenvalue weighted by atomic mass is 10.1. The summed E-state index contributed by atoms with van der Waals surface area (Å²) >= 11 is 1.39. The molecule has 6 heteroatoms. The van der Waals surface area contributed by atoms with Crippen molar-refractivity contribution in [3.63, 3.8) is 0 Å². The van der Waals surface area contributed by atoms with Gasteiger partial charge in [-0.25, -0.2) is 0 Å². The number of hydrogen-bond acceptors (Lipinski definition) is 4. The van der Waals surface area contributed by atoms with E-state index in [1.165, 1.54) is 18.3 Å². The zero-order valence-electron chi connectivity index (χ0n) is 13.4. The number of hydrogen-bond donors (Lipinski definition) is 1. The fourth-order valence-corrected chi connectivity index (χ4v) is 2.78. The number of nitriles is 1. The Morgan fingerprint density at radius 3 is 2.68 bits per heavy atom. The van der Waals surface area contributed by atoms with Crippen molar-refractivity contribution in [3.8, 4) is 6.07 Å². The second-order valence-corrected chi connectivity index (χ2v) is 6.73. The minimum atomic E-state index is -0.0890. The van der Waals surface area contributed by atoms with Gasteiger partial charge in [0.2, 0.25) is 5.91 Å². The van der Waals surface area contributed by atoms with E-state index in [2.05, 4.69) is 25.2 Å². The SMILES string of the molecule is CC(=O)NCc1ccc(C(=O)N(CCC#N)CCC(C)C)s1. The van der Waals surface area contributed by atoms with E-state index in [0.717, 1.165) is 11.3 Å². The molecular weight excluding hydrogens is 298 g/mol. The molecule has 22 heavy (non-hydrogen) atoms. The predicted octanol–water partition coefficient (Wildman–Crippen LogP) is 2.79. The first-order chi connectivity index (χ1) is 10.4. The summed E-state index contributed by atoms with van der Waals surface area (Å²) in [5.74, 6) is 0.389. The van der Waals surface area contributed by atoms with Crippen LogP contribution in [0.1, 0.15) is 48.2 Å². The molecule has 1 rings (SSSR count). The van der Waals surface area contributed by atoms with Crippen LogP contribution in [-0.4, -0.2) is 29.8 Å². The van der Waals surface area contributed by atoms with Gasteiger partial charge in [0.1, 0.15) is 0 Å². The number of carbonyl (C=O) groups is 2. The van der Waals surface area contributed by atoms with E-state index in [1.807, 2.05) is 6.07 Å². The van der Waals surface area contributed by atoms with E-state index < -0.39 is 0 Å². The standard InChI is InChI=1S/C16H23N3O2S/c1-12(2)7-10-19(9-4-8-17)16(21)15-6-5-14(22-15)11-18-13(3)20/h5-6,12H,4,7,9-11H2,1-3H3,(H,18,20). The number of thiophene rings is 1. The van der Waals surface area contributed by atoms with E-state index >= 15 is 0 Å². The maximum absolute atomic E-state index is 12.6. The predicted molar refractivity (Wildman–Crippen MR) is 87.4 cm³/mol. The molecular formula is C16H23N3O2S. The fraction of sp³-hybridized carbons (Fsp3) is 0.562. The van der Waals surface area contributed by atoms with Gasteiger partial charge in [0.15, 0.2) is 0 Å². The Kier molecular flexibility index (Phi) is 7.61. The van der Waals surface area contributed by atoms with Gasteiger partial charge in [-0.2, -0.15) is 5.26 Å². The lowest BCUT2D eigenvalue weighted by molar-refractivity contribution is -0.119. The highest BCUT2D eigenvalue weighted by atomic mass is 32.1. The van der Waals surface area contributed by atoms with E-state index in [9.17, 15) is 9.59 Å². The van der Waals surface area contributed by atoms with Crippen molar-refractivity contribution in [2.45, 2.75) is 40.2 Å². The highest BCUT2D eigenvalue weighted by molar-refractivity contribution is 7.14. The van der Waals surface area contributed by atoms with Gasteiger partial charge in [-0.05, 0) is 24.5 Å². The van der Waals surface area contributed by atoms with Crippen LogP contribution in [0.4, 0.5) is 0 Å². The lowest BCUT2D eigenvalue weighted by Gasteiger charge is -2.21. The zero-order chi connectivity index (χ0) is 16.5. The molecule has 1 heterocycles. The lowest BCUT2D eigenvalue weighted by Crippen LogP contribution is -2.33. The molecule has 0 saturated carbocycles. The van der Waals surface area contributed by atoms with Gasteiger partial charge < -0.3 is 10.2 Å². The molecule has 0 aromatic carbocycles. The Bertz CT molecular complexity index is 546. The minimum Gasteiger partial charge on any atom is -0.351 e. The van der Waals surface area contributed by atoms with Crippen LogP contribution in [0.5, 0.6) is 0 Å². The van der Waals surface area contributed by atoms with Crippen molar-refractivity contribution < 1.29 is 9.59 Å². The normalized spacial score (nSPS) is 10.3. The van der Waals surface area contributed by atoms with Crippen LogP contribution < -0.4 is 5.32 Å². The van der Waals surface area contributed by atoms with Crippen molar-refractivity contribution in [1.82, 2.24) is 10.2 Å². The van der Waals surface area contributed by atoms with Crippen LogP contribution >= 0.6 is 11.3 Å². The van der Waals surface area contributed by atoms with Crippen molar-refractivity contribution in [2.24, 2.45) is 5.92 Å². The Balaban J connectivity index is 2.71. The number of amides is 2. The number of nitrogens with one attached hydrogen (secondary N) is 1. The van der Waals surface area contributed by atoms with Crippen LogP contribution in [0.25, 0.3) is 0 Å². The molecule has 0 radical (unpaired) electrons. The van der Waals surface area contributed by atoms with E-state index in [4.69, 9.17) is 5.26 Å². The quantitative estimate of drug-likeness (QED) is 0.800. The van der Waals surface area contributed by atoms with Crippen LogP contribution in [0, 0.1) is 17.2 Å². The summed E-state index contributed by atoms with van der Waals surface area (Å²) in [6.45, 7) is 7.26. The largest absolute Gasteiger partial charge is 0.351 e. The molecule has 0 saturated heterocycles. The summed E-state index contributed by atoms with van der Waals surface area (Å²) in [5.41, 5.74) is 0. The third-order valence-electron chi connectivity index (χ3n) is 3.14. The summed E-state index contributed by atoms with van der Waals surface area (Å²) in [6, 6.07) is 5.74. The smallest absolute Gasteiger partial charge is 0.263 e. The fourth-order valence-electron chi connectivity index (χ4n) is 1.87. The summed E-state index contributed by atoms with van der Waals surface area (Å²) in [5, 5.41) is 11.5. The molecule has 0 atom stereocenters. The molecule has 0 bridgehead atoms. The average Bonchev–Trinajstić information content (AvgIpc) is 2.93. The second-order valence-electron chi connectivity index (χ2n) is 5.56. The summed E-state index contributed by atoms with van der Waals surface area (Å²) in [7, 11) is 0. The van der Waals surface area contributed by atoms with E-state index in [-0.39, 0.29) is 11.8 Å². The monoisotopic (exact) mass is 321 g/mol. The van der Waals surface area contributed by atoms with Crippen molar-refractivity contribution in [3.05, 3.63) is 21.9 Å². The highest BCUT2D eigenvalue weighted by Crippen LogP contribution is 2.19. The van der Waals surface area contributed by atoms with E-state index in [0.29, 0.717) is 36.9 Å². The Hall–Kier alpha value is -1.87. The molecule has 1 N–H and O–H groups in total. The van der Waals surface area contributed by atoms with Crippen LogP contribution in [0.3, 0.4) is 0 Å². The molecule has 2 amide bonds. The molecule has 0 aliphatic carbocycles. The molecule has 0 spiro atoms. The Labute approximate surface area is 135 Å². The van der Waals surface area contributed by atoms with Gasteiger partial charge >= 0.3 is 0 Å². The molecule has 5 nitrogen and oxygen atoms in total. The Morgan fingerprint density at radius 1 is 1.36 bits per heavy atom. The van der Waals surface area contributed by atoms with Crippen LogP contribution in [-0.2, 0) is 11.3 Å². The third kappa shape index (κ3) is 6.27. The first-order valence-electron chi connectivity index (χ1n) is 7.43. The molecule has 0 aliphatic rings. The van der Waals surface area contributed by atoms with Crippen molar-refractivity contribution in [2.75, 3.05) is 13.1 Å². The minimum absolute atomic E-state index is 0.0324. The van der Waals surface area contributed by atoms with Crippen molar-refractivity contribution in [1.29, 1.82) is 5.26 Å². The second kappa shape index (κ2) is 9.21. The third-order valence-corrected chi connectivity index (χ3v) is 4.21. The molecule has 0 aliphatic heterocycles. The maximum Gasteiger partial charge on any atom is 0.263 e. The summed E-state index contributed by atoms with van der Waals surface area (Å²) in [6.07, 6.45) is 1.26. The molecule has 1 aromatic rings. The van der Waals surface area contributed by atoms with E-state index in [1.54, 1.807) is 11.0 Å². The average molecular weight is 321 g/mol. The highest BCUT2D eigenvalue weighted by Gasteiger charge is 2.17. The maximum atomic E-state index is 12.6. The number of rotatable bonds is 8. The van der Waals surface area contributed by atoms with Crippen LogP contribution in [0.2, 0.25) is 0 Å². The molecule has 0 unspecified atom stereocenters. The summed E-state index contributed by atoms with van der Waals surface area (Å²) in [4.78, 5) is 26.8. The topological polar surface area (TPSA) is 73.2 Å². The van der Waals surface area contributed by atoms with Crippen LogP contribution in [0.15, 0.2) is 12.1 Å². The first-order valence-corrected chi connectivity index (χ1v) is 8.25. The van der Waals surface area contributed by atoms with Gasteiger partial charge in [-0.3, -0.25) is 9.59 Å². The molecule has 1 aromatic heterocycles. The first kappa shape index (κ1) is 18.2. The Morgan fingerprint density at radius 2 is 2.09 bits per heavy atom. The van der Waals surface area contributed by atoms with Gasteiger partial charge in [0.05, 0.1) is 23.9 Å². The van der Waals surface area contributed by atoms with Gasteiger partial charge in [0.25, 0.3) is 5.91 Å². The molecule has 120 valence electrons. The molecule has 0 fully saturated rings.